The molecule has 0 heterocycles. The molecule has 0 saturated heterocycles. The second kappa shape index (κ2) is 10.00. The Morgan fingerprint density at radius 1 is 1.10 bits per heavy atom. The third-order valence-electron chi connectivity index (χ3n) is 2.89. The molecule has 0 aromatic heterocycles. The van der Waals surface area contributed by atoms with Crippen molar-refractivity contribution in [1.29, 1.82) is 0 Å². The summed E-state index contributed by atoms with van der Waals surface area (Å²) >= 11 is 0. The van der Waals surface area contributed by atoms with Crippen LogP contribution in [0.1, 0.15) is 66.2 Å². The summed E-state index contributed by atoms with van der Waals surface area (Å²) in [5.74, 6) is 0. The number of aliphatic hydroxyl groups excluding tert-OH is 2. The molecule has 3 N–H and O–H groups in total. The summed E-state index contributed by atoms with van der Waals surface area (Å²) in [5, 5.41) is 22.2. The Bertz CT molecular complexity index is 263. The quantitative estimate of drug-likeness (QED) is 0.570. The molecule has 0 bridgehead atoms. The van der Waals surface area contributed by atoms with Crippen LogP contribution < -0.4 is 5.32 Å². The molecule has 0 aromatic rings. The van der Waals surface area contributed by atoms with Crippen LogP contribution in [0.15, 0.2) is 0 Å². The topological polar surface area (TPSA) is 78.8 Å². The maximum Gasteiger partial charge on any atom is 0.407 e. The van der Waals surface area contributed by atoms with Crippen molar-refractivity contribution in [3.8, 4) is 0 Å². The molecular weight excluding hydrogens is 258 g/mol. The van der Waals surface area contributed by atoms with Gasteiger partial charge in [0, 0.05) is 6.54 Å². The molecule has 2 atom stereocenters. The first-order valence-corrected chi connectivity index (χ1v) is 7.59. The molecule has 0 radical (unpaired) electrons. The molecule has 0 aliphatic rings. The number of ether oxygens (including phenoxy) is 1. The van der Waals surface area contributed by atoms with E-state index >= 15 is 0 Å². The molecule has 0 saturated carbocycles. The Kier molecular flexibility index (Phi) is 9.59. The van der Waals surface area contributed by atoms with Crippen LogP contribution in [0.5, 0.6) is 0 Å². The molecule has 0 aliphatic carbocycles. The van der Waals surface area contributed by atoms with Gasteiger partial charge in [-0.15, -0.1) is 0 Å². The summed E-state index contributed by atoms with van der Waals surface area (Å²) in [4.78, 5) is 11.4. The summed E-state index contributed by atoms with van der Waals surface area (Å²) in [6.07, 6.45) is 3.01. The molecule has 5 nitrogen and oxygen atoms in total. The van der Waals surface area contributed by atoms with E-state index in [0.29, 0.717) is 25.8 Å². The van der Waals surface area contributed by atoms with Crippen molar-refractivity contribution in [2.45, 2.75) is 84.0 Å². The minimum absolute atomic E-state index is 0.438. The van der Waals surface area contributed by atoms with Crippen LogP contribution in [0, 0.1) is 0 Å². The van der Waals surface area contributed by atoms with E-state index in [2.05, 4.69) is 12.2 Å². The van der Waals surface area contributed by atoms with Crippen LogP contribution in [0.3, 0.4) is 0 Å². The largest absolute Gasteiger partial charge is 0.444 e. The molecule has 5 heteroatoms. The third kappa shape index (κ3) is 11.1. The highest BCUT2D eigenvalue weighted by Crippen LogP contribution is 2.10. The molecular formula is C15H31NO4. The minimum Gasteiger partial charge on any atom is -0.444 e. The molecule has 0 rings (SSSR count). The van der Waals surface area contributed by atoms with E-state index in [4.69, 9.17) is 4.74 Å². The number of carbonyl (C=O) groups excluding carboxylic acids is 1. The van der Waals surface area contributed by atoms with Crippen LogP contribution in [0.2, 0.25) is 0 Å². The Hall–Kier alpha value is -0.810. The standard InChI is InChI=1S/C15H31NO4/c1-5-6-7-9-12(17)13(18)10-8-11-16-14(19)20-15(2,3)4/h12-13,17-18H,5-11H2,1-4H3,(H,16,19)/t12-,13+/m1/s1. The molecule has 0 spiro atoms. The molecule has 120 valence electrons. The van der Waals surface area contributed by atoms with Crippen LogP contribution in [-0.2, 0) is 4.74 Å². The maximum atomic E-state index is 11.4. The van der Waals surface area contributed by atoms with Gasteiger partial charge in [-0.2, -0.15) is 0 Å². The monoisotopic (exact) mass is 289 g/mol. The van der Waals surface area contributed by atoms with Gasteiger partial charge in [0.1, 0.15) is 5.60 Å². The van der Waals surface area contributed by atoms with E-state index in [1.54, 1.807) is 0 Å². The maximum absolute atomic E-state index is 11.4. The van der Waals surface area contributed by atoms with Crippen molar-refractivity contribution in [3.05, 3.63) is 0 Å². The van der Waals surface area contributed by atoms with E-state index in [9.17, 15) is 15.0 Å². The van der Waals surface area contributed by atoms with Crippen molar-refractivity contribution in [2.24, 2.45) is 0 Å². The number of carbonyl (C=O) groups is 1. The van der Waals surface area contributed by atoms with Crippen LogP contribution in [0.25, 0.3) is 0 Å². The Morgan fingerprint density at radius 3 is 2.15 bits per heavy atom. The van der Waals surface area contributed by atoms with Gasteiger partial charge in [-0.3, -0.25) is 0 Å². The number of nitrogens with one attached hydrogen (secondary N) is 1. The fraction of sp³-hybridized carbons (Fsp3) is 0.933. The number of unbranched alkanes of at least 4 members (excludes halogenated alkanes) is 2. The third-order valence-corrected chi connectivity index (χ3v) is 2.89. The first-order valence-electron chi connectivity index (χ1n) is 7.59. The van der Waals surface area contributed by atoms with Gasteiger partial charge in [-0.05, 0) is 40.0 Å². The first kappa shape index (κ1) is 19.2. The zero-order valence-corrected chi connectivity index (χ0v) is 13.3. The SMILES string of the molecule is CCCCC[C@@H](O)[C@@H](O)CCCNC(=O)OC(C)(C)C. The molecule has 0 aliphatic heterocycles. The highest BCUT2D eigenvalue weighted by molar-refractivity contribution is 5.67. The summed E-state index contributed by atoms with van der Waals surface area (Å²) in [7, 11) is 0. The molecule has 1 amide bonds. The fourth-order valence-electron chi connectivity index (χ4n) is 1.80. The number of amides is 1. The lowest BCUT2D eigenvalue weighted by Gasteiger charge is -2.20. The van der Waals surface area contributed by atoms with Crippen molar-refractivity contribution >= 4 is 6.09 Å². The van der Waals surface area contributed by atoms with Gasteiger partial charge >= 0.3 is 6.09 Å². The van der Waals surface area contributed by atoms with Gasteiger partial charge in [0.2, 0.25) is 0 Å². The van der Waals surface area contributed by atoms with Crippen molar-refractivity contribution in [2.75, 3.05) is 6.54 Å². The number of hydrogen-bond acceptors (Lipinski definition) is 4. The van der Waals surface area contributed by atoms with Crippen LogP contribution >= 0.6 is 0 Å². The zero-order valence-electron chi connectivity index (χ0n) is 13.3. The highest BCUT2D eigenvalue weighted by atomic mass is 16.6. The van der Waals surface area contributed by atoms with Gasteiger partial charge in [0.25, 0.3) is 0 Å². The predicted octanol–water partition coefficient (Wildman–Crippen LogP) is 2.59. The van der Waals surface area contributed by atoms with Crippen molar-refractivity contribution < 1.29 is 19.7 Å². The van der Waals surface area contributed by atoms with E-state index in [0.717, 1.165) is 19.3 Å². The number of hydrogen-bond donors (Lipinski definition) is 3. The minimum atomic E-state index is -0.715. The average molecular weight is 289 g/mol. The molecule has 0 aromatic carbocycles. The Morgan fingerprint density at radius 2 is 1.65 bits per heavy atom. The summed E-state index contributed by atoms with van der Waals surface area (Å²) in [6, 6.07) is 0. The van der Waals surface area contributed by atoms with Crippen LogP contribution in [0.4, 0.5) is 4.79 Å². The summed E-state index contributed by atoms with van der Waals surface area (Å²) < 4.78 is 5.10. The van der Waals surface area contributed by atoms with Crippen molar-refractivity contribution in [1.82, 2.24) is 5.32 Å². The van der Waals surface area contributed by atoms with E-state index < -0.39 is 23.9 Å². The van der Waals surface area contributed by atoms with E-state index in [-0.39, 0.29) is 0 Å². The number of alkyl carbamates (subject to hydrolysis) is 1. The highest BCUT2D eigenvalue weighted by Gasteiger charge is 2.17. The molecule has 0 fully saturated rings. The average Bonchev–Trinajstić information content (AvgIpc) is 2.32. The zero-order chi connectivity index (χ0) is 15.6. The van der Waals surface area contributed by atoms with Gasteiger partial charge in [0.15, 0.2) is 0 Å². The van der Waals surface area contributed by atoms with Gasteiger partial charge < -0.3 is 20.3 Å². The van der Waals surface area contributed by atoms with Crippen LogP contribution in [-0.4, -0.2) is 40.7 Å². The normalized spacial score (nSPS) is 14.7. The van der Waals surface area contributed by atoms with Gasteiger partial charge in [-0.25, -0.2) is 4.79 Å². The predicted molar refractivity (Wildman–Crippen MR) is 79.6 cm³/mol. The second-order valence-corrected chi connectivity index (χ2v) is 6.20. The Balaban J connectivity index is 3.65. The Labute approximate surface area is 122 Å². The number of aliphatic hydroxyl groups is 2. The summed E-state index contributed by atoms with van der Waals surface area (Å²) in [5.41, 5.74) is -0.501. The van der Waals surface area contributed by atoms with E-state index in [1.165, 1.54) is 0 Å². The number of rotatable bonds is 9. The lowest BCUT2D eigenvalue weighted by Crippen LogP contribution is -2.33. The lowest BCUT2D eigenvalue weighted by molar-refractivity contribution is 0.00731. The van der Waals surface area contributed by atoms with Crippen molar-refractivity contribution in [3.63, 3.8) is 0 Å². The smallest absolute Gasteiger partial charge is 0.407 e. The summed E-state index contributed by atoms with van der Waals surface area (Å²) in [6.45, 7) is 7.97. The lowest BCUT2D eigenvalue weighted by atomic mass is 10.0. The molecule has 0 unspecified atom stereocenters. The fourth-order valence-corrected chi connectivity index (χ4v) is 1.80. The molecule has 20 heavy (non-hydrogen) atoms. The van der Waals surface area contributed by atoms with Gasteiger partial charge in [-0.1, -0.05) is 26.2 Å². The van der Waals surface area contributed by atoms with E-state index in [1.807, 2.05) is 20.8 Å². The first-order chi connectivity index (χ1) is 9.26. The second-order valence-electron chi connectivity index (χ2n) is 6.20. The van der Waals surface area contributed by atoms with Gasteiger partial charge in [0.05, 0.1) is 12.2 Å².